The van der Waals surface area contributed by atoms with Crippen LogP contribution in [0, 0.1) is 5.82 Å². The predicted octanol–water partition coefficient (Wildman–Crippen LogP) is 4.95. The van der Waals surface area contributed by atoms with Gasteiger partial charge in [0.2, 0.25) is 5.91 Å². The molecule has 0 bridgehead atoms. The third-order valence-corrected chi connectivity index (χ3v) is 6.24. The Morgan fingerprint density at radius 3 is 2.56 bits per heavy atom. The minimum atomic E-state index is -0.957. The number of carbonyl (C=O) groups excluding carboxylic acids is 3. The summed E-state index contributed by atoms with van der Waals surface area (Å²) in [7, 11) is 0. The minimum absolute atomic E-state index is 0.219. The highest BCUT2D eigenvalue weighted by Gasteiger charge is 2.46. The molecule has 0 spiro atoms. The number of hydrogen-bond acceptors (Lipinski definition) is 4. The van der Waals surface area contributed by atoms with Crippen molar-refractivity contribution in [1.29, 1.82) is 0 Å². The molecule has 1 fully saturated rings. The van der Waals surface area contributed by atoms with Crippen molar-refractivity contribution in [1.82, 2.24) is 4.90 Å². The van der Waals surface area contributed by atoms with Gasteiger partial charge >= 0.3 is 6.03 Å². The molecule has 6 nitrogen and oxygen atoms in total. The Morgan fingerprint density at radius 2 is 1.88 bits per heavy atom. The first-order valence-corrected chi connectivity index (χ1v) is 11.2. The standard InChI is InChI=1S/C23H19ClFN3O3S/c24-15-3-1-4-18(13-15)28-22(30)20(14-21(29)26-17-8-6-16(25)7-9-17)27(23(28)31)11-10-19-5-2-12-32-19/h1-9,12-13,20H,10-11,14H2,(H,26,29)/t20-/m1/s1. The number of nitrogens with zero attached hydrogens (tertiary/aromatic N) is 2. The van der Waals surface area contributed by atoms with Crippen molar-refractivity contribution in [3.05, 3.63) is 81.8 Å². The second kappa shape index (κ2) is 9.50. The Balaban J connectivity index is 1.55. The van der Waals surface area contributed by atoms with Crippen molar-refractivity contribution in [2.75, 3.05) is 16.8 Å². The molecule has 4 amide bonds. The number of hydrogen-bond donors (Lipinski definition) is 1. The molecule has 9 heteroatoms. The Morgan fingerprint density at radius 1 is 1.09 bits per heavy atom. The lowest BCUT2D eigenvalue weighted by Gasteiger charge is -2.21. The molecule has 0 saturated carbocycles. The smallest absolute Gasteiger partial charge is 0.326 e. The van der Waals surface area contributed by atoms with Crippen molar-refractivity contribution >= 4 is 52.2 Å². The van der Waals surface area contributed by atoms with E-state index < -0.39 is 29.7 Å². The highest BCUT2D eigenvalue weighted by molar-refractivity contribution is 7.09. The highest BCUT2D eigenvalue weighted by atomic mass is 35.5. The molecular formula is C23H19ClFN3O3S. The fraction of sp³-hybridized carbons (Fsp3) is 0.174. The van der Waals surface area contributed by atoms with Gasteiger partial charge in [0, 0.05) is 22.1 Å². The van der Waals surface area contributed by atoms with Gasteiger partial charge in [-0.3, -0.25) is 9.59 Å². The summed E-state index contributed by atoms with van der Waals surface area (Å²) in [5.41, 5.74) is 0.764. The van der Waals surface area contributed by atoms with E-state index in [-0.39, 0.29) is 13.0 Å². The van der Waals surface area contributed by atoms with Crippen LogP contribution in [0.3, 0.4) is 0 Å². The van der Waals surface area contributed by atoms with E-state index in [4.69, 9.17) is 11.6 Å². The topological polar surface area (TPSA) is 69.7 Å². The molecule has 4 rings (SSSR count). The maximum absolute atomic E-state index is 13.2. The molecule has 1 atom stereocenters. The van der Waals surface area contributed by atoms with E-state index >= 15 is 0 Å². The van der Waals surface area contributed by atoms with Crippen LogP contribution >= 0.6 is 22.9 Å². The van der Waals surface area contributed by atoms with E-state index in [1.807, 2.05) is 17.5 Å². The predicted molar refractivity (Wildman–Crippen MR) is 122 cm³/mol. The molecule has 1 N–H and O–H groups in total. The van der Waals surface area contributed by atoms with Gasteiger partial charge in [0.25, 0.3) is 5.91 Å². The zero-order valence-corrected chi connectivity index (χ0v) is 18.4. The lowest BCUT2D eigenvalue weighted by Crippen LogP contribution is -2.39. The lowest BCUT2D eigenvalue weighted by molar-refractivity contribution is -0.124. The number of thiophene rings is 1. The van der Waals surface area contributed by atoms with Gasteiger partial charge in [-0.1, -0.05) is 23.7 Å². The molecule has 32 heavy (non-hydrogen) atoms. The number of urea groups is 1. The number of rotatable bonds is 7. The molecule has 1 aliphatic heterocycles. The summed E-state index contributed by atoms with van der Waals surface area (Å²) < 4.78 is 13.1. The van der Waals surface area contributed by atoms with Crippen LogP contribution < -0.4 is 10.2 Å². The first-order valence-electron chi connectivity index (χ1n) is 9.90. The molecule has 2 aromatic carbocycles. The fourth-order valence-electron chi connectivity index (χ4n) is 3.55. The Bertz CT molecular complexity index is 1140. The number of benzene rings is 2. The van der Waals surface area contributed by atoms with Crippen LogP contribution in [0.1, 0.15) is 11.3 Å². The van der Waals surface area contributed by atoms with Crippen LogP contribution in [0.4, 0.5) is 20.6 Å². The molecule has 3 aromatic rings. The summed E-state index contributed by atoms with van der Waals surface area (Å²) in [6, 6.07) is 14.2. The van der Waals surface area contributed by atoms with Gasteiger partial charge in [-0.15, -0.1) is 11.3 Å². The second-order valence-corrected chi connectivity index (χ2v) is 8.70. The van der Waals surface area contributed by atoms with Crippen LogP contribution in [0.25, 0.3) is 0 Å². The molecule has 0 aliphatic carbocycles. The minimum Gasteiger partial charge on any atom is -0.326 e. The summed E-state index contributed by atoms with van der Waals surface area (Å²) >= 11 is 7.62. The third kappa shape index (κ3) is 4.81. The Labute approximate surface area is 193 Å². The molecule has 0 unspecified atom stereocenters. The molecule has 2 heterocycles. The summed E-state index contributed by atoms with van der Waals surface area (Å²) in [5.74, 6) is -1.36. The number of carbonyl (C=O) groups is 3. The van der Waals surface area contributed by atoms with Gasteiger partial charge in [0.05, 0.1) is 12.1 Å². The van der Waals surface area contributed by atoms with Crippen molar-refractivity contribution in [2.24, 2.45) is 0 Å². The van der Waals surface area contributed by atoms with Crippen LogP contribution in [0.15, 0.2) is 66.0 Å². The maximum atomic E-state index is 13.2. The zero-order chi connectivity index (χ0) is 22.7. The van der Waals surface area contributed by atoms with Crippen LogP contribution in [-0.4, -0.2) is 35.3 Å². The van der Waals surface area contributed by atoms with Crippen LogP contribution in [0.2, 0.25) is 5.02 Å². The van der Waals surface area contributed by atoms with Gasteiger partial charge in [-0.05, 0) is 60.3 Å². The summed E-state index contributed by atoms with van der Waals surface area (Å²) in [6.45, 7) is 0.288. The number of imide groups is 1. The summed E-state index contributed by atoms with van der Waals surface area (Å²) in [4.78, 5) is 42.6. The highest BCUT2D eigenvalue weighted by Crippen LogP contribution is 2.29. The monoisotopic (exact) mass is 471 g/mol. The first-order chi connectivity index (χ1) is 15.4. The SMILES string of the molecule is O=C(C[C@@H]1C(=O)N(c2cccc(Cl)c2)C(=O)N1CCc1cccs1)Nc1ccc(F)cc1. The number of anilines is 2. The van der Waals surface area contributed by atoms with Gasteiger partial charge in [-0.25, -0.2) is 14.1 Å². The van der Waals surface area contributed by atoms with Crippen molar-refractivity contribution in [2.45, 2.75) is 18.9 Å². The average Bonchev–Trinajstić information content (AvgIpc) is 3.35. The van der Waals surface area contributed by atoms with Crippen molar-refractivity contribution in [3.63, 3.8) is 0 Å². The van der Waals surface area contributed by atoms with E-state index in [1.54, 1.807) is 29.5 Å². The van der Waals surface area contributed by atoms with Crippen LogP contribution in [-0.2, 0) is 16.0 Å². The van der Waals surface area contributed by atoms with Crippen molar-refractivity contribution < 1.29 is 18.8 Å². The molecular weight excluding hydrogens is 453 g/mol. The molecule has 1 saturated heterocycles. The van der Waals surface area contributed by atoms with E-state index in [0.29, 0.717) is 22.8 Å². The van der Waals surface area contributed by atoms with Gasteiger partial charge in [0.1, 0.15) is 11.9 Å². The van der Waals surface area contributed by atoms with E-state index in [1.165, 1.54) is 35.2 Å². The quantitative estimate of drug-likeness (QED) is 0.496. The molecule has 1 aliphatic rings. The van der Waals surface area contributed by atoms with E-state index in [2.05, 4.69) is 5.32 Å². The maximum Gasteiger partial charge on any atom is 0.332 e. The van der Waals surface area contributed by atoms with E-state index in [0.717, 1.165) is 9.78 Å². The van der Waals surface area contributed by atoms with Gasteiger partial charge < -0.3 is 10.2 Å². The second-order valence-electron chi connectivity index (χ2n) is 7.23. The fourth-order valence-corrected chi connectivity index (χ4v) is 4.43. The zero-order valence-electron chi connectivity index (χ0n) is 16.8. The molecule has 1 aromatic heterocycles. The summed E-state index contributed by atoms with van der Waals surface area (Å²) in [5, 5.41) is 4.99. The van der Waals surface area contributed by atoms with Crippen molar-refractivity contribution in [3.8, 4) is 0 Å². The normalized spacial score (nSPS) is 16.0. The Hall–Kier alpha value is -3.23. The number of nitrogens with one attached hydrogen (secondary N) is 1. The first kappa shape index (κ1) is 22.0. The molecule has 164 valence electrons. The Kier molecular flexibility index (Phi) is 6.53. The largest absolute Gasteiger partial charge is 0.332 e. The lowest BCUT2D eigenvalue weighted by atomic mass is 10.1. The summed E-state index contributed by atoms with van der Waals surface area (Å²) in [6.07, 6.45) is 0.347. The van der Waals surface area contributed by atoms with E-state index in [9.17, 15) is 18.8 Å². The van der Waals surface area contributed by atoms with Crippen LogP contribution in [0.5, 0.6) is 0 Å². The number of halogens is 2. The van der Waals surface area contributed by atoms with Gasteiger partial charge in [0.15, 0.2) is 0 Å². The number of amides is 4. The van der Waals surface area contributed by atoms with Gasteiger partial charge in [-0.2, -0.15) is 0 Å². The third-order valence-electron chi connectivity index (χ3n) is 5.07. The molecule has 0 radical (unpaired) electrons. The average molecular weight is 472 g/mol.